The van der Waals surface area contributed by atoms with Crippen molar-refractivity contribution in [2.24, 2.45) is 5.92 Å². The number of rotatable bonds is 5. The number of carbonyl (C=O) groups excluding carboxylic acids is 1. The summed E-state index contributed by atoms with van der Waals surface area (Å²) in [5, 5.41) is 9.10. The summed E-state index contributed by atoms with van der Waals surface area (Å²) in [5.41, 5.74) is 1.46. The van der Waals surface area contributed by atoms with Gasteiger partial charge in [0.2, 0.25) is 0 Å². The molecule has 0 unspecified atom stereocenters. The van der Waals surface area contributed by atoms with Crippen molar-refractivity contribution in [2.45, 2.75) is 32.0 Å². The quantitative estimate of drug-likeness (QED) is 0.891. The van der Waals surface area contributed by atoms with Crippen LogP contribution in [0.15, 0.2) is 24.3 Å². The maximum absolute atomic E-state index is 12.7. The molecule has 6 nitrogen and oxygen atoms in total. The standard InChI is InChI=1S/C18H23NO5/c20-17(19-8-5-13(11-19)18(21)22)16-4-2-1-3-14(16)12-24-15-6-9-23-10-7-15/h1-4,13,15H,5-12H2,(H,21,22)/t13-/m0/s1. The van der Waals surface area contributed by atoms with Gasteiger partial charge in [-0.3, -0.25) is 9.59 Å². The van der Waals surface area contributed by atoms with Crippen LogP contribution in [0.2, 0.25) is 0 Å². The van der Waals surface area contributed by atoms with Crippen molar-refractivity contribution in [3.05, 3.63) is 35.4 Å². The summed E-state index contributed by atoms with van der Waals surface area (Å²) < 4.78 is 11.3. The van der Waals surface area contributed by atoms with Crippen molar-refractivity contribution >= 4 is 11.9 Å². The SMILES string of the molecule is O=C(O)[C@H]1CCN(C(=O)c2ccccc2COC2CCOCC2)C1. The van der Waals surface area contributed by atoms with E-state index >= 15 is 0 Å². The second-order valence-electron chi connectivity index (χ2n) is 6.35. The van der Waals surface area contributed by atoms with Crippen molar-refractivity contribution in [1.29, 1.82) is 0 Å². The molecule has 3 rings (SSSR count). The number of carbonyl (C=O) groups is 2. The molecule has 0 radical (unpaired) electrons. The lowest BCUT2D eigenvalue weighted by molar-refractivity contribution is -0.141. The smallest absolute Gasteiger partial charge is 0.308 e. The topological polar surface area (TPSA) is 76.1 Å². The van der Waals surface area contributed by atoms with E-state index in [2.05, 4.69) is 0 Å². The molecule has 2 saturated heterocycles. The molecule has 2 fully saturated rings. The van der Waals surface area contributed by atoms with Crippen molar-refractivity contribution < 1.29 is 24.2 Å². The first kappa shape index (κ1) is 16.9. The molecule has 1 aromatic carbocycles. The Bertz CT molecular complexity index is 597. The summed E-state index contributed by atoms with van der Waals surface area (Å²) in [7, 11) is 0. The van der Waals surface area contributed by atoms with Gasteiger partial charge in [-0.1, -0.05) is 18.2 Å². The van der Waals surface area contributed by atoms with Crippen molar-refractivity contribution in [3.8, 4) is 0 Å². The average molecular weight is 333 g/mol. The van der Waals surface area contributed by atoms with E-state index < -0.39 is 11.9 Å². The first-order valence-electron chi connectivity index (χ1n) is 8.44. The minimum atomic E-state index is -0.832. The minimum Gasteiger partial charge on any atom is -0.481 e. The van der Waals surface area contributed by atoms with Gasteiger partial charge in [0.05, 0.1) is 18.6 Å². The predicted octanol–water partition coefficient (Wildman–Crippen LogP) is 1.93. The second-order valence-corrected chi connectivity index (χ2v) is 6.35. The number of ether oxygens (including phenoxy) is 2. The van der Waals surface area contributed by atoms with Crippen LogP contribution in [0.25, 0.3) is 0 Å². The third-order valence-corrected chi connectivity index (χ3v) is 4.72. The molecule has 2 heterocycles. The molecule has 24 heavy (non-hydrogen) atoms. The Morgan fingerprint density at radius 3 is 2.67 bits per heavy atom. The third-order valence-electron chi connectivity index (χ3n) is 4.72. The predicted molar refractivity (Wildman–Crippen MR) is 86.7 cm³/mol. The molecule has 2 aliphatic heterocycles. The molecule has 1 aromatic rings. The van der Waals surface area contributed by atoms with Crippen LogP contribution in [0.1, 0.15) is 35.2 Å². The lowest BCUT2D eigenvalue weighted by atomic mass is 10.1. The number of amides is 1. The Balaban J connectivity index is 1.65. The molecular weight excluding hydrogens is 310 g/mol. The molecule has 130 valence electrons. The van der Waals surface area contributed by atoms with Gasteiger partial charge in [-0.05, 0) is 30.9 Å². The fraction of sp³-hybridized carbons (Fsp3) is 0.556. The molecule has 1 amide bonds. The number of benzene rings is 1. The van der Waals surface area contributed by atoms with Gasteiger partial charge in [0.25, 0.3) is 5.91 Å². The fourth-order valence-corrected chi connectivity index (χ4v) is 3.22. The zero-order chi connectivity index (χ0) is 16.9. The number of likely N-dealkylation sites (tertiary alicyclic amines) is 1. The van der Waals surface area contributed by atoms with Gasteiger partial charge >= 0.3 is 5.97 Å². The van der Waals surface area contributed by atoms with Gasteiger partial charge < -0.3 is 19.5 Å². The number of carboxylic acid groups (broad SMARTS) is 1. The van der Waals surface area contributed by atoms with Crippen LogP contribution in [0.4, 0.5) is 0 Å². The molecule has 0 bridgehead atoms. The fourth-order valence-electron chi connectivity index (χ4n) is 3.22. The molecule has 2 aliphatic rings. The monoisotopic (exact) mass is 333 g/mol. The molecule has 0 aromatic heterocycles. The zero-order valence-corrected chi connectivity index (χ0v) is 13.6. The molecule has 1 atom stereocenters. The first-order valence-corrected chi connectivity index (χ1v) is 8.44. The van der Waals surface area contributed by atoms with Crippen LogP contribution in [0.5, 0.6) is 0 Å². The van der Waals surface area contributed by atoms with E-state index in [1.54, 1.807) is 11.0 Å². The maximum Gasteiger partial charge on any atom is 0.308 e. The summed E-state index contributed by atoms with van der Waals surface area (Å²) in [6.45, 7) is 2.60. The van der Waals surface area contributed by atoms with E-state index in [4.69, 9.17) is 14.6 Å². The number of hydrogen-bond acceptors (Lipinski definition) is 4. The highest BCUT2D eigenvalue weighted by atomic mass is 16.5. The van der Waals surface area contributed by atoms with Crippen LogP contribution in [0.3, 0.4) is 0 Å². The second kappa shape index (κ2) is 7.77. The highest BCUT2D eigenvalue weighted by molar-refractivity contribution is 5.96. The Hall–Kier alpha value is -1.92. The van der Waals surface area contributed by atoms with Crippen molar-refractivity contribution in [2.75, 3.05) is 26.3 Å². The molecule has 1 N–H and O–H groups in total. The first-order chi connectivity index (χ1) is 11.6. The number of aliphatic carboxylic acids is 1. The lowest BCUT2D eigenvalue weighted by Gasteiger charge is -2.23. The van der Waals surface area contributed by atoms with Crippen molar-refractivity contribution in [3.63, 3.8) is 0 Å². The van der Waals surface area contributed by atoms with Crippen LogP contribution < -0.4 is 0 Å². The largest absolute Gasteiger partial charge is 0.481 e. The van der Waals surface area contributed by atoms with Gasteiger partial charge in [0.1, 0.15) is 0 Å². The normalized spacial score (nSPS) is 21.8. The molecule has 6 heteroatoms. The van der Waals surface area contributed by atoms with E-state index in [1.165, 1.54) is 0 Å². The van der Waals surface area contributed by atoms with Crippen LogP contribution in [-0.2, 0) is 20.9 Å². The van der Waals surface area contributed by atoms with E-state index in [0.29, 0.717) is 25.1 Å². The Kier molecular flexibility index (Phi) is 5.48. The lowest BCUT2D eigenvalue weighted by Crippen LogP contribution is -2.31. The highest BCUT2D eigenvalue weighted by Gasteiger charge is 2.32. The highest BCUT2D eigenvalue weighted by Crippen LogP contribution is 2.22. The van der Waals surface area contributed by atoms with E-state index in [0.717, 1.165) is 31.6 Å². The van der Waals surface area contributed by atoms with Crippen LogP contribution >= 0.6 is 0 Å². The average Bonchev–Trinajstić information content (AvgIpc) is 3.11. The number of nitrogens with zero attached hydrogens (tertiary/aromatic N) is 1. The minimum absolute atomic E-state index is 0.107. The summed E-state index contributed by atoms with van der Waals surface area (Å²) in [6.07, 6.45) is 2.44. The number of carboxylic acids is 1. The molecule has 0 aliphatic carbocycles. The van der Waals surface area contributed by atoms with Crippen molar-refractivity contribution in [1.82, 2.24) is 4.90 Å². The van der Waals surface area contributed by atoms with Gasteiger partial charge in [0, 0.05) is 31.9 Å². The van der Waals surface area contributed by atoms with E-state index in [9.17, 15) is 9.59 Å². The Morgan fingerprint density at radius 2 is 1.96 bits per heavy atom. The van der Waals surface area contributed by atoms with Gasteiger partial charge in [0.15, 0.2) is 0 Å². The summed E-state index contributed by atoms with van der Waals surface area (Å²) in [5.74, 6) is -1.40. The molecule has 0 saturated carbocycles. The number of hydrogen-bond donors (Lipinski definition) is 1. The van der Waals surface area contributed by atoms with E-state index in [-0.39, 0.29) is 18.6 Å². The zero-order valence-electron chi connectivity index (χ0n) is 13.6. The molecular formula is C18H23NO5. The summed E-state index contributed by atoms with van der Waals surface area (Å²) >= 11 is 0. The third kappa shape index (κ3) is 3.94. The van der Waals surface area contributed by atoms with Gasteiger partial charge in [-0.25, -0.2) is 0 Å². The van der Waals surface area contributed by atoms with Crippen LogP contribution in [0, 0.1) is 5.92 Å². The van der Waals surface area contributed by atoms with Crippen LogP contribution in [-0.4, -0.2) is 54.3 Å². The maximum atomic E-state index is 12.7. The van der Waals surface area contributed by atoms with Gasteiger partial charge in [-0.15, -0.1) is 0 Å². The Labute approximate surface area is 141 Å². The van der Waals surface area contributed by atoms with Gasteiger partial charge in [-0.2, -0.15) is 0 Å². The van der Waals surface area contributed by atoms with E-state index in [1.807, 2.05) is 18.2 Å². The summed E-state index contributed by atoms with van der Waals surface area (Å²) in [6, 6.07) is 7.41. The summed E-state index contributed by atoms with van der Waals surface area (Å²) in [4.78, 5) is 25.5. The Morgan fingerprint density at radius 1 is 1.21 bits per heavy atom. The molecule has 0 spiro atoms.